The summed E-state index contributed by atoms with van der Waals surface area (Å²) in [5.41, 5.74) is 0.454. The minimum absolute atomic E-state index is 0.0532. The third-order valence-electron chi connectivity index (χ3n) is 8.02. The molecule has 7 nitrogen and oxygen atoms in total. The van der Waals surface area contributed by atoms with Gasteiger partial charge in [0.1, 0.15) is 5.75 Å². The van der Waals surface area contributed by atoms with Crippen molar-refractivity contribution in [3.05, 3.63) is 42.1 Å². The second-order valence-electron chi connectivity index (χ2n) is 11.0. The van der Waals surface area contributed by atoms with Crippen LogP contribution in [0.25, 0.3) is 22.4 Å². The molecule has 3 aromatic rings. The number of fused-ring (bicyclic) bond motifs is 2. The van der Waals surface area contributed by atoms with Crippen molar-refractivity contribution < 1.29 is 18.6 Å². The van der Waals surface area contributed by atoms with Gasteiger partial charge in [0.05, 0.1) is 24.6 Å². The van der Waals surface area contributed by atoms with Gasteiger partial charge < -0.3 is 14.7 Å². The largest absolute Gasteiger partial charge is 0.507 e. The first kappa shape index (κ1) is 24.3. The van der Waals surface area contributed by atoms with Crippen LogP contribution < -0.4 is 9.64 Å². The maximum absolute atomic E-state index is 15.2. The van der Waals surface area contributed by atoms with Crippen molar-refractivity contribution >= 4 is 5.82 Å². The number of methoxy groups -OCH3 is 1. The van der Waals surface area contributed by atoms with Crippen LogP contribution in [-0.2, 0) is 0 Å². The second kappa shape index (κ2) is 8.94. The third kappa shape index (κ3) is 4.35. The fourth-order valence-electron chi connectivity index (χ4n) is 6.48. The summed E-state index contributed by atoms with van der Waals surface area (Å²) in [6.07, 6.45) is 8.51. The van der Waals surface area contributed by atoms with E-state index in [4.69, 9.17) is 4.74 Å². The zero-order chi connectivity index (χ0) is 25.7. The molecule has 190 valence electrons. The van der Waals surface area contributed by atoms with Crippen LogP contribution in [0, 0.1) is 22.5 Å². The van der Waals surface area contributed by atoms with Crippen molar-refractivity contribution in [1.29, 1.82) is 0 Å². The van der Waals surface area contributed by atoms with Crippen LogP contribution in [0.3, 0.4) is 0 Å². The Labute approximate surface area is 209 Å². The van der Waals surface area contributed by atoms with Crippen molar-refractivity contribution in [1.82, 2.24) is 20.4 Å². The van der Waals surface area contributed by atoms with E-state index >= 15 is 8.78 Å². The van der Waals surface area contributed by atoms with Crippen LogP contribution in [0.15, 0.2) is 30.5 Å². The monoisotopic (exact) mass is 495 g/mol. The van der Waals surface area contributed by atoms with Crippen molar-refractivity contribution in [3.63, 3.8) is 0 Å². The van der Waals surface area contributed by atoms with E-state index < -0.39 is 17.4 Å². The van der Waals surface area contributed by atoms with Crippen LogP contribution in [-0.4, -0.2) is 45.7 Å². The maximum Gasteiger partial charge on any atom is 0.233 e. The minimum atomic E-state index is -1.21. The molecule has 0 amide bonds. The van der Waals surface area contributed by atoms with Crippen molar-refractivity contribution in [2.75, 3.05) is 19.1 Å². The molecule has 2 aliphatic carbocycles. The molecule has 0 radical (unpaired) electrons. The molecule has 1 unspecified atom stereocenters. The Morgan fingerprint density at radius 2 is 1.75 bits per heavy atom. The number of hydrogen-bond acceptors (Lipinski definition) is 7. The van der Waals surface area contributed by atoms with E-state index in [-0.39, 0.29) is 28.3 Å². The van der Waals surface area contributed by atoms with Gasteiger partial charge in [-0.05, 0) is 61.1 Å². The van der Waals surface area contributed by atoms with Crippen molar-refractivity contribution in [2.45, 2.75) is 58.4 Å². The number of ether oxygens (including phenoxy) is 1. The molecule has 9 heteroatoms. The maximum atomic E-state index is 15.2. The Kier molecular flexibility index (Phi) is 6.04. The molecule has 0 aliphatic heterocycles. The number of phenolic OH excluding ortho intramolecular Hbond substituents is 1. The van der Waals surface area contributed by atoms with Crippen LogP contribution in [0.5, 0.6) is 11.6 Å². The summed E-state index contributed by atoms with van der Waals surface area (Å²) in [7, 11) is 3.41. The highest BCUT2D eigenvalue weighted by molar-refractivity contribution is 5.75. The predicted molar refractivity (Wildman–Crippen MR) is 133 cm³/mol. The number of rotatable bonds is 5. The second-order valence-corrected chi connectivity index (χ2v) is 11.0. The summed E-state index contributed by atoms with van der Waals surface area (Å²) in [6.45, 7) is 4.78. The highest BCUT2D eigenvalue weighted by Crippen LogP contribution is 2.56. The molecule has 2 fully saturated rings. The minimum Gasteiger partial charge on any atom is -0.507 e. The fraction of sp³-hybridized carbons (Fsp3) is 0.481. The highest BCUT2D eigenvalue weighted by Gasteiger charge is 2.47. The smallest absolute Gasteiger partial charge is 0.233 e. The lowest BCUT2D eigenvalue weighted by atomic mass is 9.55. The lowest BCUT2D eigenvalue weighted by Gasteiger charge is -2.54. The van der Waals surface area contributed by atoms with E-state index in [1.165, 1.54) is 45.1 Å². The molecule has 2 heterocycles. The molecule has 0 spiro atoms. The number of nitrogens with zero attached hydrogens (tertiary/aromatic N) is 5. The SMILES string of the molecule is COc1cc(-c2cc(O)c(-c3ccc(N(C)C4C[C@]5(C)CCC[C@](C)(C4)C5)nn3)c(F)c2F)cnn1. The molecule has 2 aliphatic rings. The molecule has 2 bridgehead atoms. The Morgan fingerprint density at radius 1 is 1.03 bits per heavy atom. The van der Waals surface area contributed by atoms with E-state index in [9.17, 15) is 5.11 Å². The highest BCUT2D eigenvalue weighted by atomic mass is 19.2. The van der Waals surface area contributed by atoms with Crippen LogP contribution >= 0.6 is 0 Å². The zero-order valence-corrected chi connectivity index (χ0v) is 21.1. The molecule has 36 heavy (non-hydrogen) atoms. The Hall–Kier alpha value is -3.36. The first-order valence-corrected chi connectivity index (χ1v) is 12.3. The summed E-state index contributed by atoms with van der Waals surface area (Å²) >= 11 is 0. The quantitative estimate of drug-likeness (QED) is 0.480. The van der Waals surface area contributed by atoms with Crippen molar-refractivity contribution in [3.8, 4) is 34.0 Å². The average Bonchev–Trinajstić information content (AvgIpc) is 2.85. The lowest BCUT2D eigenvalue weighted by molar-refractivity contribution is 0.0141. The van der Waals surface area contributed by atoms with Gasteiger partial charge in [-0.1, -0.05) is 20.3 Å². The molecule has 1 aromatic carbocycles. The molecular weight excluding hydrogens is 464 g/mol. The number of benzene rings is 1. The number of aromatic hydroxyl groups is 1. The molecular formula is C27H31F2N5O2. The fourth-order valence-corrected chi connectivity index (χ4v) is 6.48. The number of aromatic nitrogens is 4. The third-order valence-corrected chi connectivity index (χ3v) is 8.02. The number of hydrogen-bond donors (Lipinski definition) is 1. The van der Waals surface area contributed by atoms with Crippen molar-refractivity contribution in [2.24, 2.45) is 10.8 Å². The van der Waals surface area contributed by atoms with Gasteiger partial charge in [-0.2, -0.15) is 5.10 Å². The molecule has 1 N–H and O–H groups in total. The summed E-state index contributed by atoms with van der Waals surface area (Å²) in [5, 5.41) is 26.6. The van der Waals surface area contributed by atoms with Crippen LogP contribution in [0.2, 0.25) is 0 Å². The predicted octanol–water partition coefficient (Wildman–Crippen LogP) is 5.78. The molecule has 2 aromatic heterocycles. The summed E-state index contributed by atoms with van der Waals surface area (Å²) in [4.78, 5) is 2.15. The molecule has 2 saturated carbocycles. The Morgan fingerprint density at radius 3 is 2.39 bits per heavy atom. The standard InChI is InChI=1S/C27H31F2N5O2/c1-26-8-5-9-27(2,15-26)13-17(12-26)34(3)21-7-6-19(31-32-21)23-20(35)11-18(24(28)25(23)29)16-10-22(36-4)33-30-14-16/h6-7,10-11,14,17,35H,5,8-9,12-13,15H2,1-4H3/t17?,26-,27+. The summed E-state index contributed by atoms with van der Waals surface area (Å²) in [6, 6.07) is 6.21. The van der Waals surface area contributed by atoms with Crippen LogP contribution in [0.4, 0.5) is 14.6 Å². The lowest BCUT2D eigenvalue weighted by Crippen LogP contribution is -2.49. The number of phenols is 1. The first-order valence-electron chi connectivity index (χ1n) is 12.3. The van der Waals surface area contributed by atoms with E-state index in [1.807, 2.05) is 7.05 Å². The van der Waals surface area contributed by atoms with Gasteiger partial charge >= 0.3 is 0 Å². The zero-order valence-electron chi connectivity index (χ0n) is 21.1. The van der Waals surface area contributed by atoms with E-state index in [0.29, 0.717) is 22.7 Å². The Balaban J connectivity index is 1.42. The van der Waals surface area contributed by atoms with E-state index in [1.54, 1.807) is 12.1 Å². The molecule has 3 atom stereocenters. The number of anilines is 1. The summed E-state index contributed by atoms with van der Waals surface area (Å²) in [5.74, 6) is -1.97. The van der Waals surface area contributed by atoms with Gasteiger partial charge in [-0.3, -0.25) is 0 Å². The van der Waals surface area contributed by atoms with Gasteiger partial charge in [0, 0.05) is 30.3 Å². The van der Waals surface area contributed by atoms with E-state index in [2.05, 4.69) is 39.1 Å². The van der Waals surface area contributed by atoms with Crippen LogP contribution in [0.1, 0.15) is 52.4 Å². The average molecular weight is 496 g/mol. The van der Waals surface area contributed by atoms with Gasteiger partial charge in [0.25, 0.3) is 0 Å². The van der Waals surface area contributed by atoms with Gasteiger partial charge in [0.2, 0.25) is 5.88 Å². The Bertz CT molecular complexity index is 1270. The molecule has 0 saturated heterocycles. The van der Waals surface area contributed by atoms with Gasteiger partial charge in [-0.15, -0.1) is 15.3 Å². The van der Waals surface area contributed by atoms with Gasteiger partial charge in [0.15, 0.2) is 17.5 Å². The van der Waals surface area contributed by atoms with E-state index in [0.717, 1.165) is 18.9 Å². The molecule has 5 rings (SSSR count). The first-order chi connectivity index (χ1) is 17.1. The number of halogens is 2. The normalized spacial score (nSPS) is 25.4. The topological polar surface area (TPSA) is 84.3 Å². The summed E-state index contributed by atoms with van der Waals surface area (Å²) < 4.78 is 35.2. The van der Waals surface area contributed by atoms with Gasteiger partial charge in [-0.25, -0.2) is 8.78 Å².